The molecule has 1 N–H and O–H groups in total. The van der Waals surface area contributed by atoms with Gasteiger partial charge in [-0.2, -0.15) is 0 Å². The second kappa shape index (κ2) is 6.56. The van der Waals surface area contributed by atoms with E-state index in [2.05, 4.69) is 0 Å². The van der Waals surface area contributed by atoms with Crippen LogP contribution in [0.25, 0.3) is 0 Å². The van der Waals surface area contributed by atoms with E-state index in [9.17, 15) is 9.18 Å². The van der Waals surface area contributed by atoms with Crippen molar-refractivity contribution >= 4 is 5.91 Å². The molecular weight excluding hydrogens is 267 g/mol. The van der Waals surface area contributed by atoms with Crippen LogP contribution in [0.5, 0.6) is 0 Å². The van der Waals surface area contributed by atoms with Gasteiger partial charge in [0.05, 0.1) is 37.8 Å². The fraction of sp³-hybridized carbons (Fsp3) is 0.588. The Kier molecular flexibility index (Phi) is 4.54. The van der Waals surface area contributed by atoms with Crippen LogP contribution in [0, 0.1) is 5.82 Å². The van der Waals surface area contributed by atoms with Crippen LogP contribution in [0.15, 0.2) is 24.3 Å². The molecule has 1 aliphatic carbocycles. The molecule has 0 bridgehead atoms. The van der Waals surface area contributed by atoms with Crippen LogP contribution in [0.4, 0.5) is 4.39 Å². The first-order valence-corrected chi connectivity index (χ1v) is 8.14. The molecule has 4 heteroatoms. The Bertz CT molecular complexity index is 491. The van der Waals surface area contributed by atoms with Gasteiger partial charge in [-0.05, 0) is 37.8 Å². The number of nitrogens with one attached hydrogen (secondary N) is 1. The Morgan fingerprint density at radius 2 is 1.76 bits per heavy atom. The molecule has 1 aromatic rings. The summed E-state index contributed by atoms with van der Waals surface area (Å²) in [6.07, 6.45) is 6.74. The minimum absolute atomic E-state index is 0.157. The summed E-state index contributed by atoms with van der Waals surface area (Å²) in [6, 6.07) is 7.07. The molecule has 2 fully saturated rings. The molecule has 1 amide bonds. The monoisotopic (exact) mass is 291 g/mol. The maximum Gasteiger partial charge on any atom is 0.257 e. The van der Waals surface area contributed by atoms with Gasteiger partial charge in [0.1, 0.15) is 5.82 Å². The number of quaternary nitrogens is 1. The predicted molar refractivity (Wildman–Crippen MR) is 79.9 cm³/mol. The van der Waals surface area contributed by atoms with E-state index < -0.39 is 5.82 Å². The summed E-state index contributed by atoms with van der Waals surface area (Å²) in [5, 5.41) is 0. The average molecular weight is 291 g/mol. The first kappa shape index (κ1) is 14.5. The lowest BCUT2D eigenvalue weighted by Crippen LogP contribution is -3.18. The van der Waals surface area contributed by atoms with E-state index in [0.29, 0.717) is 0 Å². The maximum atomic E-state index is 13.7. The van der Waals surface area contributed by atoms with Crippen LogP contribution in [-0.4, -0.2) is 43.0 Å². The average Bonchev–Trinajstić information content (AvgIpc) is 2.56. The zero-order valence-corrected chi connectivity index (χ0v) is 12.5. The van der Waals surface area contributed by atoms with Crippen molar-refractivity contribution < 1.29 is 14.1 Å². The van der Waals surface area contributed by atoms with Crippen LogP contribution >= 0.6 is 0 Å². The largest absolute Gasteiger partial charge is 0.330 e. The number of nitrogens with zero attached hydrogens (tertiary/aromatic N) is 1. The van der Waals surface area contributed by atoms with Gasteiger partial charge < -0.3 is 9.80 Å². The maximum absolute atomic E-state index is 13.7. The standard InChI is InChI=1S/C17H23FN2O/c18-16-9-5-4-8-15(16)17(21)20-12-10-19(11-13-20)14-6-2-1-3-7-14/h4-5,8-9,14H,1-3,6-7,10-13H2/p+1. The highest BCUT2D eigenvalue weighted by Crippen LogP contribution is 2.16. The van der Waals surface area contributed by atoms with Crippen LogP contribution in [0.3, 0.4) is 0 Å². The molecule has 0 aromatic heterocycles. The van der Waals surface area contributed by atoms with E-state index in [1.165, 1.54) is 38.2 Å². The van der Waals surface area contributed by atoms with E-state index in [0.717, 1.165) is 32.2 Å². The Labute approximate surface area is 125 Å². The van der Waals surface area contributed by atoms with Crippen molar-refractivity contribution in [2.75, 3.05) is 26.2 Å². The van der Waals surface area contributed by atoms with E-state index in [4.69, 9.17) is 0 Å². The van der Waals surface area contributed by atoms with E-state index in [1.54, 1.807) is 23.1 Å². The topological polar surface area (TPSA) is 24.8 Å². The molecule has 1 aromatic carbocycles. The molecule has 1 saturated heterocycles. The third kappa shape index (κ3) is 3.26. The zero-order valence-electron chi connectivity index (χ0n) is 12.5. The fourth-order valence-electron chi connectivity index (χ4n) is 3.72. The van der Waals surface area contributed by atoms with Crippen LogP contribution < -0.4 is 4.90 Å². The highest BCUT2D eigenvalue weighted by atomic mass is 19.1. The second-order valence-electron chi connectivity index (χ2n) is 6.27. The van der Waals surface area contributed by atoms with Crippen LogP contribution in [-0.2, 0) is 0 Å². The first-order valence-electron chi connectivity index (χ1n) is 8.14. The van der Waals surface area contributed by atoms with Crippen molar-refractivity contribution in [1.82, 2.24) is 4.90 Å². The molecule has 0 atom stereocenters. The van der Waals surface area contributed by atoms with E-state index in [-0.39, 0.29) is 11.5 Å². The minimum atomic E-state index is -0.412. The highest BCUT2D eigenvalue weighted by Gasteiger charge is 2.30. The molecular formula is C17H24FN2O+. The first-order chi connectivity index (χ1) is 10.3. The van der Waals surface area contributed by atoms with Gasteiger partial charge in [-0.3, -0.25) is 4.79 Å². The third-order valence-corrected chi connectivity index (χ3v) is 4.98. The van der Waals surface area contributed by atoms with Gasteiger partial charge in [-0.15, -0.1) is 0 Å². The molecule has 3 rings (SSSR count). The van der Waals surface area contributed by atoms with Crippen molar-refractivity contribution in [3.63, 3.8) is 0 Å². The molecule has 1 heterocycles. The highest BCUT2D eigenvalue weighted by molar-refractivity contribution is 5.94. The summed E-state index contributed by atoms with van der Waals surface area (Å²) < 4.78 is 13.7. The Balaban J connectivity index is 1.58. The van der Waals surface area contributed by atoms with Gasteiger partial charge in [-0.1, -0.05) is 18.6 Å². The Morgan fingerprint density at radius 3 is 2.43 bits per heavy atom. The van der Waals surface area contributed by atoms with Gasteiger partial charge >= 0.3 is 0 Å². The molecule has 0 spiro atoms. The zero-order chi connectivity index (χ0) is 14.7. The van der Waals surface area contributed by atoms with Gasteiger partial charge in [0.2, 0.25) is 0 Å². The van der Waals surface area contributed by atoms with Gasteiger partial charge in [0.25, 0.3) is 5.91 Å². The molecule has 0 unspecified atom stereocenters. The lowest BCUT2D eigenvalue weighted by molar-refractivity contribution is -0.930. The smallest absolute Gasteiger partial charge is 0.257 e. The summed E-state index contributed by atoms with van der Waals surface area (Å²) >= 11 is 0. The van der Waals surface area contributed by atoms with Gasteiger partial charge in [-0.25, -0.2) is 4.39 Å². The quantitative estimate of drug-likeness (QED) is 0.877. The number of halogens is 1. The molecule has 3 nitrogen and oxygen atoms in total. The van der Waals surface area contributed by atoms with Crippen molar-refractivity contribution in [2.24, 2.45) is 0 Å². The second-order valence-corrected chi connectivity index (χ2v) is 6.27. The number of carbonyl (C=O) groups excluding carboxylic acids is 1. The molecule has 1 saturated carbocycles. The van der Waals surface area contributed by atoms with Crippen molar-refractivity contribution in [1.29, 1.82) is 0 Å². The summed E-state index contributed by atoms with van der Waals surface area (Å²) in [4.78, 5) is 15.8. The number of rotatable bonds is 2. The van der Waals surface area contributed by atoms with Gasteiger partial charge in [0.15, 0.2) is 0 Å². The summed E-state index contributed by atoms with van der Waals surface area (Å²) in [6.45, 7) is 3.51. The lowest BCUT2D eigenvalue weighted by atomic mass is 9.94. The number of amides is 1. The van der Waals surface area contributed by atoms with E-state index >= 15 is 0 Å². The minimum Gasteiger partial charge on any atom is -0.330 e. The SMILES string of the molecule is O=C(c1ccccc1F)N1CC[NH+](C2CCCCC2)CC1. The summed E-state index contributed by atoms with van der Waals surface area (Å²) in [5.74, 6) is -0.569. The number of piperazine rings is 1. The third-order valence-electron chi connectivity index (χ3n) is 4.98. The molecule has 1 aliphatic heterocycles. The predicted octanol–water partition coefficient (Wildman–Crippen LogP) is 1.50. The molecule has 2 aliphatic rings. The number of benzene rings is 1. The summed E-state index contributed by atoms with van der Waals surface area (Å²) in [7, 11) is 0. The summed E-state index contributed by atoms with van der Waals surface area (Å²) in [5.41, 5.74) is 0.207. The van der Waals surface area contributed by atoms with Crippen molar-refractivity contribution in [3.05, 3.63) is 35.6 Å². The van der Waals surface area contributed by atoms with Crippen LogP contribution in [0.2, 0.25) is 0 Å². The number of carbonyl (C=O) groups is 1. The lowest BCUT2D eigenvalue weighted by Gasteiger charge is -2.38. The van der Waals surface area contributed by atoms with E-state index in [1.807, 2.05) is 4.90 Å². The fourth-order valence-corrected chi connectivity index (χ4v) is 3.72. The van der Waals surface area contributed by atoms with Crippen molar-refractivity contribution in [2.45, 2.75) is 38.1 Å². The number of hydrogen-bond donors (Lipinski definition) is 1. The normalized spacial score (nSPS) is 21.5. The molecule has 0 radical (unpaired) electrons. The number of hydrogen-bond acceptors (Lipinski definition) is 1. The molecule has 21 heavy (non-hydrogen) atoms. The molecule has 114 valence electrons. The van der Waals surface area contributed by atoms with Crippen molar-refractivity contribution in [3.8, 4) is 0 Å². The van der Waals surface area contributed by atoms with Gasteiger partial charge in [0, 0.05) is 0 Å². The Hall–Kier alpha value is -1.42. The van der Waals surface area contributed by atoms with Crippen LogP contribution in [0.1, 0.15) is 42.5 Å². The Morgan fingerprint density at radius 1 is 1.10 bits per heavy atom.